The van der Waals surface area contributed by atoms with Crippen molar-refractivity contribution >= 4 is 0 Å². The molecule has 0 spiro atoms. The van der Waals surface area contributed by atoms with Gasteiger partial charge in [0.2, 0.25) is 0 Å². The molecule has 0 nitrogen and oxygen atoms in total. The molecule has 25 heavy (non-hydrogen) atoms. The van der Waals surface area contributed by atoms with Crippen LogP contribution in [0.1, 0.15) is 0 Å². The third kappa shape index (κ3) is 6.09. The molecule has 0 saturated heterocycles. The molecule has 1 radical (unpaired) electrons. The van der Waals surface area contributed by atoms with Crippen LogP contribution in [0, 0.1) is 24.3 Å². The van der Waals surface area contributed by atoms with Gasteiger partial charge >= 0.3 is 0 Å². The minimum atomic E-state index is 0. The molecule has 0 amide bonds. The maximum absolute atomic E-state index is 3.15. The van der Waals surface area contributed by atoms with Gasteiger partial charge in [-0.2, -0.15) is 97.1 Å². The van der Waals surface area contributed by atoms with Crippen LogP contribution in [0.3, 0.4) is 0 Å². The van der Waals surface area contributed by atoms with Gasteiger partial charge in [0.15, 0.2) is 0 Å². The Morgan fingerprint density at radius 3 is 0.760 bits per heavy atom. The van der Waals surface area contributed by atoms with E-state index in [1.165, 1.54) is 0 Å². The quantitative estimate of drug-likeness (QED) is 0.372. The van der Waals surface area contributed by atoms with Gasteiger partial charge in [-0.15, -0.1) is 24.3 Å². The summed E-state index contributed by atoms with van der Waals surface area (Å²) >= 11 is 0. The first-order chi connectivity index (χ1) is 11.9. The third-order valence-electron chi connectivity index (χ3n) is 3.42. The summed E-state index contributed by atoms with van der Waals surface area (Å²) in [6.45, 7) is 0. The van der Waals surface area contributed by atoms with Gasteiger partial charge in [-0.05, 0) is 0 Å². The summed E-state index contributed by atoms with van der Waals surface area (Å²) in [6, 6.07) is 44.3. The number of hydrogen-bond donors (Lipinski definition) is 0. The summed E-state index contributed by atoms with van der Waals surface area (Å²) < 4.78 is 0. The van der Waals surface area contributed by atoms with Crippen LogP contribution in [0.2, 0.25) is 0 Å². The van der Waals surface area contributed by atoms with E-state index in [1.54, 1.807) is 0 Å². The third-order valence-corrected chi connectivity index (χ3v) is 3.42. The average molecular weight is 393 g/mol. The van der Waals surface area contributed by atoms with Crippen molar-refractivity contribution in [3.8, 4) is 22.3 Å². The van der Waals surface area contributed by atoms with E-state index in [0.717, 1.165) is 22.3 Å². The second-order valence-corrected chi connectivity index (χ2v) is 5.10. The first kappa shape index (κ1) is 19.3. The number of hydrogen-bond acceptors (Lipinski definition) is 0. The van der Waals surface area contributed by atoms with Gasteiger partial charge in [0, 0.05) is 32.7 Å². The van der Waals surface area contributed by atoms with Crippen LogP contribution in [0.15, 0.2) is 97.1 Å². The summed E-state index contributed by atoms with van der Waals surface area (Å²) in [5, 5.41) is 0. The van der Waals surface area contributed by atoms with Crippen LogP contribution >= 0.6 is 0 Å². The van der Waals surface area contributed by atoms with E-state index >= 15 is 0 Å². The molecular formula is C24H16Y-4. The Morgan fingerprint density at radius 2 is 0.600 bits per heavy atom. The molecule has 119 valence electrons. The minimum Gasteiger partial charge on any atom is -0.226 e. The zero-order valence-electron chi connectivity index (χ0n) is 13.8. The van der Waals surface area contributed by atoms with Crippen LogP contribution < -0.4 is 0 Å². The van der Waals surface area contributed by atoms with Crippen molar-refractivity contribution in [2.75, 3.05) is 0 Å². The Balaban J connectivity index is 0.000000173. The van der Waals surface area contributed by atoms with Gasteiger partial charge in [-0.25, -0.2) is 22.3 Å². The maximum atomic E-state index is 3.15. The molecule has 0 aromatic heterocycles. The van der Waals surface area contributed by atoms with E-state index in [-0.39, 0.29) is 32.7 Å². The number of benzene rings is 4. The summed E-state index contributed by atoms with van der Waals surface area (Å²) in [4.78, 5) is 0. The van der Waals surface area contributed by atoms with Crippen LogP contribution in [0.5, 0.6) is 0 Å². The Hall–Kier alpha value is -2.02. The molecule has 4 aromatic rings. The van der Waals surface area contributed by atoms with E-state index in [9.17, 15) is 0 Å². The Kier molecular flexibility index (Phi) is 8.32. The smallest absolute Gasteiger partial charge is 0 e. The van der Waals surface area contributed by atoms with Crippen molar-refractivity contribution < 1.29 is 32.7 Å². The van der Waals surface area contributed by atoms with Gasteiger partial charge in [-0.1, -0.05) is 0 Å². The second-order valence-electron chi connectivity index (χ2n) is 5.10. The summed E-state index contributed by atoms with van der Waals surface area (Å²) in [6.07, 6.45) is 0. The fraction of sp³-hybridized carbons (Fsp3) is 0. The van der Waals surface area contributed by atoms with Crippen molar-refractivity contribution in [1.29, 1.82) is 0 Å². The van der Waals surface area contributed by atoms with E-state index in [4.69, 9.17) is 0 Å². The Bertz CT molecular complexity index is 676. The summed E-state index contributed by atoms with van der Waals surface area (Å²) in [5.41, 5.74) is 4.38. The molecule has 0 aliphatic heterocycles. The van der Waals surface area contributed by atoms with Gasteiger partial charge in [-0.3, -0.25) is 0 Å². The van der Waals surface area contributed by atoms with Gasteiger partial charge < -0.3 is 0 Å². The molecular weight excluding hydrogens is 377 g/mol. The van der Waals surface area contributed by atoms with Crippen LogP contribution in [0.4, 0.5) is 0 Å². The van der Waals surface area contributed by atoms with Crippen LogP contribution in [-0.2, 0) is 32.7 Å². The molecule has 0 N–H and O–H groups in total. The minimum absolute atomic E-state index is 0. The fourth-order valence-corrected chi connectivity index (χ4v) is 2.24. The average Bonchev–Trinajstić information content (AvgIpc) is 2.71. The fourth-order valence-electron chi connectivity index (χ4n) is 2.24. The van der Waals surface area contributed by atoms with E-state index < -0.39 is 0 Å². The van der Waals surface area contributed by atoms with E-state index in [2.05, 4.69) is 24.3 Å². The first-order valence-electron chi connectivity index (χ1n) is 7.81. The van der Waals surface area contributed by atoms with Gasteiger partial charge in [0.25, 0.3) is 0 Å². The second kappa shape index (κ2) is 10.8. The Labute approximate surface area is 175 Å². The normalized spacial score (nSPS) is 9.28. The largest absolute Gasteiger partial charge is 0.226 e. The van der Waals surface area contributed by atoms with Crippen LogP contribution in [0.25, 0.3) is 22.3 Å². The molecule has 4 aromatic carbocycles. The van der Waals surface area contributed by atoms with Crippen LogP contribution in [-0.4, -0.2) is 0 Å². The van der Waals surface area contributed by atoms with Crippen molar-refractivity contribution in [2.45, 2.75) is 0 Å². The molecule has 0 saturated carbocycles. The van der Waals surface area contributed by atoms with Crippen molar-refractivity contribution in [1.82, 2.24) is 0 Å². The molecule has 0 heterocycles. The molecule has 0 unspecified atom stereocenters. The molecule has 0 fully saturated rings. The van der Waals surface area contributed by atoms with Crippen molar-refractivity contribution in [3.63, 3.8) is 0 Å². The predicted octanol–water partition coefficient (Wildman–Crippen LogP) is 5.91. The monoisotopic (exact) mass is 393 g/mol. The Morgan fingerprint density at radius 1 is 0.360 bits per heavy atom. The summed E-state index contributed by atoms with van der Waals surface area (Å²) in [7, 11) is 0. The van der Waals surface area contributed by atoms with Crippen molar-refractivity contribution in [3.05, 3.63) is 121 Å². The topological polar surface area (TPSA) is 0 Å². The molecule has 1 heteroatoms. The van der Waals surface area contributed by atoms with E-state index in [0.29, 0.717) is 0 Å². The zero-order chi connectivity index (χ0) is 16.5. The number of rotatable bonds is 2. The molecule has 4 rings (SSSR count). The molecule has 0 aliphatic carbocycles. The zero-order valence-corrected chi connectivity index (χ0v) is 16.7. The summed E-state index contributed by atoms with van der Waals surface area (Å²) in [5.74, 6) is 0. The SMILES string of the molecule is [Y].[c-]1ccccc1-c1[c-]cccc1.[c-]1ccccc1-c1[c-]cccc1. The van der Waals surface area contributed by atoms with Gasteiger partial charge in [0.1, 0.15) is 0 Å². The predicted molar refractivity (Wildman–Crippen MR) is 99.1 cm³/mol. The first-order valence-corrected chi connectivity index (χ1v) is 7.81. The molecule has 0 aliphatic rings. The molecule has 0 atom stereocenters. The standard InChI is InChI=1S/2C12H8.Y/c2*1-3-7-11(8-4-1)12-9-5-2-6-10-12;/h2*1-7,9H;/q2*-2;. The molecule has 0 bridgehead atoms. The van der Waals surface area contributed by atoms with E-state index in [1.807, 2.05) is 97.1 Å². The van der Waals surface area contributed by atoms with Gasteiger partial charge in [0.05, 0.1) is 0 Å². The van der Waals surface area contributed by atoms with Crippen molar-refractivity contribution in [2.24, 2.45) is 0 Å². The maximum Gasteiger partial charge on any atom is 0 e.